The number of amides is 1. The quantitative estimate of drug-likeness (QED) is 0.697. The number of hydrogen-bond acceptors (Lipinski definition) is 5. The van der Waals surface area contributed by atoms with Crippen molar-refractivity contribution in [3.8, 4) is 0 Å². The molecule has 0 unspecified atom stereocenters. The molecule has 0 aromatic carbocycles. The van der Waals surface area contributed by atoms with Crippen LogP contribution in [0.15, 0.2) is 41.6 Å². The molecule has 0 spiro atoms. The van der Waals surface area contributed by atoms with Gasteiger partial charge in [-0.1, -0.05) is 6.07 Å². The second kappa shape index (κ2) is 7.17. The molecule has 3 heterocycles. The maximum Gasteiger partial charge on any atom is 0.289 e. The molecule has 5 nitrogen and oxygen atoms in total. The molecule has 114 valence electrons. The molecule has 0 saturated carbocycles. The normalized spacial score (nSPS) is 15.2. The number of nitrogens with zero attached hydrogens (tertiary/aromatic N) is 3. The van der Waals surface area contributed by atoms with Gasteiger partial charge in [0.1, 0.15) is 5.69 Å². The highest BCUT2D eigenvalue weighted by atomic mass is 32.1. The largest absolute Gasteiger partial charge is 0.363 e. The van der Waals surface area contributed by atoms with Crippen molar-refractivity contribution in [1.82, 2.24) is 10.4 Å². The van der Waals surface area contributed by atoms with Crippen molar-refractivity contribution in [3.05, 3.63) is 47.1 Å². The summed E-state index contributed by atoms with van der Waals surface area (Å²) in [6.07, 6.45) is 7.13. The fourth-order valence-corrected chi connectivity index (χ4v) is 3.34. The topological polar surface area (TPSA) is 57.6 Å². The Balaban J connectivity index is 1.57. The van der Waals surface area contributed by atoms with Gasteiger partial charge in [-0.15, -0.1) is 11.3 Å². The van der Waals surface area contributed by atoms with E-state index in [-0.39, 0.29) is 5.91 Å². The predicted molar refractivity (Wildman–Crippen MR) is 89.7 cm³/mol. The minimum absolute atomic E-state index is 0.301. The molecule has 1 amide bonds. The van der Waals surface area contributed by atoms with E-state index >= 15 is 0 Å². The number of anilines is 1. The van der Waals surface area contributed by atoms with Crippen molar-refractivity contribution in [2.24, 2.45) is 5.10 Å². The Morgan fingerprint density at radius 3 is 2.86 bits per heavy atom. The summed E-state index contributed by atoms with van der Waals surface area (Å²) in [6.45, 7) is 2.26. The lowest BCUT2D eigenvalue weighted by Gasteiger charge is -2.27. The predicted octanol–water partition coefficient (Wildman–Crippen LogP) is 2.90. The van der Waals surface area contributed by atoms with Crippen LogP contribution in [0.3, 0.4) is 0 Å². The van der Waals surface area contributed by atoms with Crippen molar-refractivity contribution >= 4 is 28.5 Å². The highest BCUT2D eigenvalue weighted by Gasteiger charge is 2.12. The Morgan fingerprint density at radius 2 is 2.09 bits per heavy atom. The molecule has 1 N–H and O–H groups in total. The van der Waals surface area contributed by atoms with Gasteiger partial charge in [0.25, 0.3) is 5.91 Å². The van der Waals surface area contributed by atoms with Gasteiger partial charge in [0.15, 0.2) is 0 Å². The maximum absolute atomic E-state index is 11.8. The molecule has 1 aliphatic heterocycles. The zero-order chi connectivity index (χ0) is 15.2. The summed E-state index contributed by atoms with van der Waals surface area (Å²) in [5, 5.41) is 5.28. The van der Waals surface area contributed by atoms with E-state index in [1.807, 2.05) is 6.07 Å². The SMILES string of the molecule is O=C(N/N=C\c1ccc(N2CCCCC2)s1)c1ccccn1. The number of hydrazone groups is 1. The summed E-state index contributed by atoms with van der Waals surface area (Å²) in [5.41, 5.74) is 2.86. The van der Waals surface area contributed by atoms with Gasteiger partial charge in [0.05, 0.1) is 11.2 Å². The summed E-state index contributed by atoms with van der Waals surface area (Å²) in [6, 6.07) is 9.36. The van der Waals surface area contributed by atoms with E-state index in [9.17, 15) is 4.79 Å². The minimum Gasteiger partial charge on any atom is -0.363 e. The van der Waals surface area contributed by atoms with Crippen molar-refractivity contribution < 1.29 is 4.79 Å². The molecule has 2 aromatic heterocycles. The van der Waals surface area contributed by atoms with Gasteiger partial charge in [-0.25, -0.2) is 5.43 Å². The first kappa shape index (κ1) is 14.7. The third-order valence-electron chi connectivity index (χ3n) is 3.54. The van der Waals surface area contributed by atoms with E-state index in [1.54, 1.807) is 41.9 Å². The van der Waals surface area contributed by atoms with Gasteiger partial charge in [0, 0.05) is 24.2 Å². The average molecular weight is 314 g/mol. The Kier molecular flexibility index (Phi) is 4.80. The van der Waals surface area contributed by atoms with Crippen LogP contribution in [0.25, 0.3) is 0 Å². The Labute approximate surface area is 133 Å². The number of thiophene rings is 1. The first-order valence-electron chi connectivity index (χ1n) is 7.42. The van der Waals surface area contributed by atoms with E-state index in [1.165, 1.54) is 24.3 Å². The van der Waals surface area contributed by atoms with Crippen molar-refractivity contribution in [2.45, 2.75) is 19.3 Å². The molecule has 0 radical (unpaired) electrons. The van der Waals surface area contributed by atoms with Gasteiger partial charge in [-0.2, -0.15) is 5.10 Å². The van der Waals surface area contributed by atoms with Gasteiger partial charge in [-0.3, -0.25) is 9.78 Å². The monoisotopic (exact) mass is 314 g/mol. The maximum atomic E-state index is 11.8. The summed E-state index contributed by atoms with van der Waals surface area (Å²) in [5.74, 6) is -0.301. The van der Waals surface area contributed by atoms with Crippen LogP contribution in [-0.4, -0.2) is 30.2 Å². The minimum atomic E-state index is -0.301. The second-order valence-electron chi connectivity index (χ2n) is 5.14. The van der Waals surface area contributed by atoms with E-state index in [2.05, 4.69) is 26.5 Å². The molecule has 2 aromatic rings. The number of carbonyl (C=O) groups is 1. The average Bonchev–Trinajstić information content (AvgIpc) is 3.05. The van der Waals surface area contributed by atoms with Crippen molar-refractivity contribution in [1.29, 1.82) is 0 Å². The summed E-state index contributed by atoms with van der Waals surface area (Å²) in [7, 11) is 0. The second-order valence-corrected chi connectivity index (χ2v) is 6.23. The van der Waals surface area contributed by atoms with Crippen LogP contribution in [0.5, 0.6) is 0 Å². The lowest BCUT2D eigenvalue weighted by Crippen LogP contribution is -2.28. The number of pyridine rings is 1. The molecule has 1 aliphatic rings. The van der Waals surface area contributed by atoms with Crippen LogP contribution in [0, 0.1) is 0 Å². The van der Waals surface area contributed by atoms with Crippen LogP contribution in [0.1, 0.15) is 34.6 Å². The molecular weight excluding hydrogens is 296 g/mol. The first-order valence-corrected chi connectivity index (χ1v) is 8.24. The Hall–Kier alpha value is -2.21. The molecule has 0 aliphatic carbocycles. The number of piperidine rings is 1. The molecule has 0 atom stereocenters. The Morgan fingerprint density at radius 1 is 1.23 bits per heavy atom. The number of nitrogens with one attached hydrogen (secondary N) is 1. The van der Waals surface area contributed by atoms with E-state index in [0.29, 0.717) is 5.69 Å². The number of rotatable bonds is 4. The molecule has 3 rings (SSSR count). The molecule has 1 saturated heterocycles. The number of hydrogen-bond donors (Lipinski definition) is 1. The van der Waals surface area contributed by atoms with Crippen LogP contribution in [0.2, 0.25) is 0 Å². The van der Waals surface area contributed by atoms with E-state index < -0.39 is 0 Å². The smallest absolute Gasteiger partial charge is 0.289 e. The third kappa shape index (κ3) is 3.71. The fraction of sp³-hybridized carbons (Fsp3) is 0.312. The molecule has 6 heteroatoms. The zero-order valence-electron chi connectivity index (χ0n) is 12.2. The van der Waals surface area contributed by atoms with Crippen LogP contribution < -0.4 is 10.3 Å². The molecule has 1 fully saturated rings. The fourth-order valence-electron chi connectivity index (χ4n) is 2.40. The van der Waals surface area contributed by atoms with Gasteiger partial charge in [0.2, 0.25) is 0 Å². The van der Waals surface area contributed by atoms with E-state index in [0.717, 1.165) is 18.0 Å². The number of carbonyl (C=O) groups excluding carboxylic acids is 1. The standard InChI is InChI=1S/C16H18N4OS/c21-16(14-6-2-3-9-17-14)19-18-12-13-7-8-15(22-13)20-10-4-1-5-11-20/h2-3,6-9,12H,1,4-5,10-11H2,(H,19,21)/b18-12-. The summed E-state index contributed by atoms with van der Waals surface area (Å²) < 4.78 is 0. The molecule has 22 heavy (non-hydrogen) atoms. The lowest BCUT2D eigenvalue weighted by atomic mass is 10.1. The molecule has 0 bridgehead atoms. The van der Waals surface area contributed by atoms with Gasteiger partial charge < -0.3 is 4.90 Å². The highest BCUT2D eigenvalue weighted by molar-refractivity contribution is 7.17. The van der Waals surface area contributed by atoms with Crippen LogP contribution in [-0.2, 0) is 0 Å². The Bertz CT molecular complexity index is 647. The summed E-state index contributed by atoms with van der Waals surface area (Å²) in [4.78, 5) is 19.2. The van der Waals surface area contributed by atoms with Gasteiger partial charge >= 0.3 is 0 Å². The van der Waals surface area contributed by atoms with Crippen LogP contribution in [0.4, 0.5) is 5.00 Å². The van der Waals surface area contributed by atoms with Gasteiger partial charge in [-0.05, 0) is 43.5 Å². The first-order chi connectivity index (χ1) is 10.8. The molecular formula is C16H18N4OS. The van der Waals surface area contributed by atoms with Crippen molar-refractivity contribution in [2.75, 3.05) is 18.0 Å². The summed E-state index contributed by atoms with van der Waals surface area (Å²) >= 11 is 1.70. The van der Waals surface area contributed by atoms with Crippen LogP contribution >= 0.6 is 11.3 Å². The third-order valence-corrected chi connectivity index (χ3v) is 4.62. The number of aromatic nitrogens is 1. The van der Waals surface area contributed by atoms with E-state index in [4.69, 9.17) is 0 Å². The zero-order valence-corrected chi connectivity index (χ0v) is 13.1. The van der Waals surface area contributed by atoms with Crippen molar-refractivity contribution in [3.63, 3.8) is 0 Å². The highest BCUT2D eigenvalue weighted by Crippen LogP contribution is 2.27. The lowest BCUT2D eigenvalue weighted by molar-refractivity contribution is 0.0950.